The van der Waals surface area contributed by atoms with E-state index < -0.39 is 5.97 Å². The summed E-state index contributed by atoms with van der Waals surface area (Å²) in [5, 5.41) is 24.9. The number of rotatable bonds is 5. The van der Waals surface area contributed by atoms with Gasteiger partial charge in [0.1, 0.15) is 6.33 Å². The van der Waals surface area contributed by atoms with Crippen LogP contribution in [-0.4, -0.2) is 37.3 Å². The monoisotopic (exact) mass is 428 g/mol. The summed E-state index contributed by atoms with van der Waals surface area (Å²) >= 11 is 1.23. The summed E-state index contributed by atoms with van der Waals surface area (Å²) in [7, 11) is 0. The minimum absolute atomic E-state index is 0. The fraction of sp³-hybridized carbons (Fsp3) is 0.0526. The summed E-state index contributed by atoms with van der Waals surface area (Å²) in [5.74, 6) is -1.38. The molecule has 30 heavy (non-hydrogen) atoms. The van der Waals surface area contributed by atoms with E-state index in [9.17, 15) is 14.7 Å². The first kappa shape index (κ1) is 21.9. The third kappa shape index (κ3) is 5.42. The van der Waals surface area contributed by atoms with E-state index in [-0.39, 0.29) is 41.9 Å². The Morgan fingerprint density at radius 1 is 1.23 bits per heavy atom. The van der Waals surface area contributed by atoms with Crippen LogP contribution in [0.4, 0.5) is 5.69 Å². The van der Waals surface area contributed by atoms with E-state index >= 15 is 0 Å². The quantitative estimate of drug-likeness (QED) is 0.363. The summed E-state index contributed by atoms with van der Waals surface area (Å²) in [6, 6.07) is 14.2. The molecule has 1 saturated heterocycles. The first-order chi connectivity index (χ1) is 14.1. The Hall–Kier alpha value is -2.79. The van der Waals surface area contributed by atoms with Gasteiger partial charge in [-0.1, -0.05) is 24.3 Å². The van der Waals surface area contributed by atoms with Crippen LogP contribution in [0, 0.1) is 0 Å². The number of tetrazole rings is 1. The van der Waals surface area contributed by atoms with Crippen molar-refractivity contribution >= 4 is 40.6 Å². The molecular formula is C19H13N6NaO3S. The maximum Gasteiger partial charge on any atom is 1.00 e. The smallest absolute Gasteiger partial charge is 0.550 e. The molecule has 1 aliphatic heterocycles. The minimum atomic E-state index is -1.14. The van der Waals surface area contributed by atoms with Crippen LogP contribution in [0.15, 0.2) is 64.8 Å². The summed E-state index contributed by atoms with van der Waals surface area (Å²) in [4.78, 5) is 27.8. The number of nitrogens with zero attached hydrogens (tertiary/aromatic N) is 5. The van der Waals surface area contributed by atoms with Gasteiger partial charge in [-0.15, -0.1) is 5.10 Å². The van der Waals surface area contributed by atoms with E-state index in [2.05, 4.69) is 25.8 Å². The molecule has 0 bridgehead atoms. The van der Waals surface area contributed by atoms with Gasteiger partial charge in [-0.3, -0.25) is 4.79 Å². The molecule has 0 saturated carbocycles. The van der Waals surface area contributed by atoms with Crippen molar-refractivity contribution in [3.05, 3.63) is 70.9 Å². The van der Waals surface area contributed by atoms with Crippen LogP contribution in [0.2, 0.25) is 0 Å². The molecule has 0 atom stereocenters. The molecule has 2 aromatic carbocycles. The third-order valence-corrected chi connectivity index (χ3v) is 4.86. The number of carboxylic acids is 1. The van der Waals surface area contributed by atoms with E-state index in [4.69, 9.17) is 0 Å². The average Bonchev–Trinajstić information content (AvgIpc) is 3.34. The first-order valence-corrected chi connectivity index (χ1v) is 9.30. The molecule has 3 aromatic rings. The van der Waals surface area contributed by atoms with Crippen molar-refractivity contribution in [2.24, 2.45) is 4.99 Å². The molecule has 0 radical (unpaired) electrons. The van der Waals surface area contributed by atoms with Gasteiger partial charge in [0.05, 0.1) is 16.3 Å². The number of thioether (sulfide) groups is 1. The Labute approximate surface area is 197 Å². The van der Waals surface area contributed by atoms with Gasteiger partial charge >= 0.3 is 29.6 Å². The molecule has 1 aliphatic rings. The van der Waals surface area contributed by atoms with Crippen molar-refractivity contribution in [3.8, 4) is 5.69 Å². The molecule has 2 heterocycles. The van der Waals surface area contributed by atoms with Gasteiger partial charge in [-0.05, 0) is 63.7 Å². The van der Waals surface area contributed by atoms with Crippen LogP contribution in [0.25, 0.3) is 11.8 Å². The van der Waals surface area contributed by atoms with Crippen LogP contribution < -0.4 is 40.0 Å². The van der Waals surface area contributed by atoms with Crippen LogP contribution >= 0.6 is 11.8 Å². The van der Waals surface area contributed by atoms with Crippen LogP contribution in [0.3, 0.4) is 0 Å². The van der Waals surface area contributed by atoms with Crippen molar-refractivity contribution in [1.29, 1.82) is 0 Å². The van der Waals surface area contributed by atoms with Crippen molar-refractivity contribution in [2.45, 2.75) is 6.42 Å². The molecule has 1 aromatic heterocycles. The average molecular weight is 428 g/mol. The molecule has 1 fully saturated rings. The number of carbonyl (C=O) groups excluding carboxylic acids is 2. The van der Waals surface area contributed by atoms with Crippen LogP contribution in [0.5, 0.6) is 0 Å². The van der Waals surface area contributed by atoms with E-state index in [0.717, 1.165) is 11.3 Å². The molecule has 4 rings (SSSR count). The number of benzene rings is 2. The number of amidine groups is 1. The van der Waals surface area contributed by atoms with Crippen LogP contribution in [0.1, 0.15) is 11.1 Å². The second-order valence-corrected chi connectivity index (χ2v) is 7.08. The number of hydrogen-bond acceptors (Lipinski definition) is 8. The van der Waals surface area contributed by atoms with E-state index in [0.29, 0.717) is 21.3 Å². The van der Waals surface area contributed by atoms with Gasteiger partial charge < -0.3 is 15.2 Å². The minimum Gasteiger partial charge on any atom is -0.550 e. The Bertz CT molecular complexity index is 1130. The molecule has 1 amide bonds. The zero-order valence-electron chi connectivity index (χ0n) is 15.8. The topological polar surface area (TPSA) is 125 Å². The summed E-state index contributed by atoms with van der Waals surface area (Å²) < 4.78 is 1.53. The zero-order chi connectivity index (χ0) is 20.2. The summed E-state index contributed by atoms with van der Waals surface area (Å²) in [6.45, 7) is 0. The molecule has 144 valence electrons. The standard InChI is InChI=1S/C19H14N6O3S.Na/c26-17(27)10-12-4-6-14(7-5-12)21-19-22-18(28)16(29-19)9-13-2-1-3-15(8-13)25-11-20-23-24-25;/h1-9,11H,10H2,(H,26,27)(H,21,22,28);/q;+1/p-1. The number of aliphatic imine (C=N–C) groups is 1. The Kier molecular flexibility index (Phi) is 7.16. The van der Waals surface area contributed by atoms with Gasteiger partial charge in [0.2, 0.25) is 0 Å². The van der Waals surface area contributed by atoms with E-state index in [1.165, 1.54) is 22.8 Å². The maximum atomic E-state index is 12.3. The number of nitrogens with one attached hydrogen (secondary N) is 1. The van der Waals surface area contributed by atoms with Crippen molar-refractivity contribution in [3.63, 3.8) is 0 Å². The Morgan fingerprint density at radius 3 is 2.73 bits per heavy atom. The fourth-order valence-electron chi connectivity index (χ4n) is 2.64. The number of amides is 1. The second-order valence-electron chi connectivity index (χ2n) is 6.05. The molecule has 1 N–H and O–H groups in total. The van der Waals surface area contributed by atoms with Gasteiger partial charge in [0.15, 0.2) is 5.17 Å². The largest absolute Gasteiger partial charge is 1.00 e. The number of carbonyl (C=O) groups is 2. The first-order valence-electron chi connectivity index (χ1n) is 8.49. The molecule has 0 aliphatic carbocycles. The van der Waals surface area contributed by atoms with Crippen molar-refractivity contribution in [2.75, 3.05) is 0 Å². The maximum absolute atomic E-state index is 12.3. The van der Waals surface area contributed by atoms with Crippen molar-refractivity contribution in [1.82, 2.24) is 25.5 Å². The summed E-state index contributed by atoms with van der Waals surface area (Å²) in [5.41, 5.74) is 2.83. The number of aromatic nitrogens is 4. The van der Waals surface area contributed by atoms with Crippen molar-refractivity contribution < 1.29 is 44.3 Å². The van der Waals surface area contributed by atoms with E-state index in [1.54, 1.807) is 30.3 Å². The predicted molar refractivity (Wildman–Crippen MR) is 105 cm³/mol. The Morgan fingerprint density at radius 2 is 2.03 bits per heavy atom. The number of aliphatic carboxylic acids is 1. The number of carboxylic acid groups (broad SMARTS) is 1. The molecular weight excluding hydrogens is 415 g/mol. The van der Waals surface area contributed by atoms with Gasteiger partial charge in [-0.2, -0.15) is 0 Å². The number of hydrogen-bond donors (Lipinski definition) is 1. The molecule has 0 spiro atoms. The van der Waals surface area contributed by atoms with Gasteiger partial charge in [0, 0.05) is 12.4 Å². The predicted octanol–water partition coefficient (Wildman–Crippen LogP) is -2.15. The zero-order valence-corrected chi connectivity index (χ0v) is 18.7. The Balaban J connectivity index is 0.00000256. The molecule has 0 unspecified atom stereocenters. The van der Waals surface area contributed by atoms with E-state index in [1.807, 2.05) is 24.3 Å². The van der Waals surface area contributed by atoms with Crippen LogP contribution in [-0.2, 0) is 16.0 Å². The SMILES string of the molecule is O=C([O-])Cc1ccc(N=C2NC(=O)C(=Cc3cccc(-n4cnnn4)c3)S2)cc1.[Na+]. The molecule has 9 nitrogen and oxygen atoms in total. The normalized spacial score (nSPS) is 15.8. The van der Waals surface area contributed by atoms with Gasteiger partial charge in [0.25, 0.3) is 5.91 Å². The fourth-order valence-corrected chi connectivity index (χ4v) is 3.48. The molecule has 11 heteroatoms. The summed E-state index contributed by atoms with van der Waals surface area (Å²) in [6.07, 6.45) is 3.10. The second kappa shape index (κ2) is 9.81. The third-order valence-electron chi connectivity index (χ3n) is 3.95. The van der Waals surface area contributed by atoms with Gasteiger partial charge in [-0.25, -0.2) is 9.67 Å².